The Morgan fingerprint density at radius 3 is 1.09 bits per heavy atom. The number of benzene rings is 6. The second-order valence-electron chi connectivity index (χ2n) is 13.9. The highest BCUT2D eigenvalue weighted by atomic mass is 32.2. The molecule has 66 heavy (non-hydrogen) atoms. The van der Waals surface area contributed by atoms with Crippen LogP contribution in [-0.4, -0.2) is 62.3 Å². The van der Waals surface area contributed by atoms with E-state index in [0.717, 1.165) is 12.1 Å². The number of hydrogen-bond donors (Lipinski definition) is 4. The third kappa shape index (κ3) is 11.9. The monoisotopic (exact) mass is 932 g/mol. The largest absolute Gasteiger partial charge is 0.494 e. The van der Waals surface area contributed by atoms with Crippen LogP contribution in [0.3, 0.4) is 0 Å². The van der Waals surface area contributed by atoms with Crippen LogP contribution in [0.5, 0.6) is 11.5 Å². The average molecular weight is 933 g/mol. The van der Waals surface area contributed by atoms with E-state index in [-0.39, 0.29) is 56.5 Å². The summed E-state index contributed by atoms with van der Waals surface area (Å²) < 4.78 is 81.4. The fraction of sp³-hybridized carbons (Fsp3) is 0.0909. The summed E-state index contributed by atoms with van der Waals surface area (Å²) in [6, 6.07) is 25.4. The molecule has 0 saturated heterocycles. The van der Waals surface area contributed by atoms with Crippen LogP contribution in [0, 0.1) is 13.8 Å². The van der Waals surface area contributed by atoms with Crippen LogP contribution in [0.1, 0.15) is 43.0 Å². The Hall–Kier alpha value is -8.18. The smallest absolute Gasteiger partial charge is 0.335 e. The number of nitrogens with zero attached hydrogens (tertiary/aromatic N) is 8. The summed E-state index contributed by atoms with van der Waals surface area (Å²) in [5.41, 5.74) is 3.46. The lowest BCUT2D eigenvalue weighted by Gasteiger charge is -2.08. The summed E-state index contributed by atoms with van der Waals surface area (Å²) in [4.78, 5) is 21.1. The fourth-order valence-electron chi connectivity index (χ4n) is 5.88. The van der Waals surface area contributed by atoms with Gasteiger partial charge in [0.15, 0.2) is 0 Å². The quantitative estimate of drug-likeness (QED) is 0.0400. The van der Waals surface area contributed by atoms with Crippen LogP contribution in [-0.2, 0) is 20.2 Å². The molecule has 0 amide bonds. The Morgan fingerprint density at radius 2 is 0.773 bits per heavy atom. The fourth-order valence-corrected chi connectivity index (χ4v) is 7.29. The van der Waals surface area contributed by atoms with E-state index in [1.54, 1.807) is 38.1 Å². The SMILES string of the molecule is COc1cc(N=Nc2ccc(C(=O)O)cc2)c(C)cc1N=Nc1ccc(C=Cc2ccc(N=Nc3cc(C)c(N=Nc4ccc(C(=O)O)cc4)cc3OC)cc2S(=O)(=O)O)c(S(=O)(=O)O)c1. The molecule has 6 rings (SSSR count). The number of rotatable bonds is 16. The van der Waals surface area contributed by atoms with Crippen molar-refractivity contribution in [3.05, 3.63) is 143 Å². The van der Waals surface area contributed by atoms with Crippen LogP contribution < -0.4 is 9.47 Å². The highest BCUT2D eigenvalue weighted by molar-refractivity contribution is 7.86. The first kappa shape index (κ1) is 47.3. The Labute approximate surface area is 376 Å². The molecule has 0 bridgehead atoms. The van der Waals surface area contributed by atoms with E-state index in [9.17, 15) is 35.5 Å². The molecule has 0 heterocycles. The van der Waals surface area contributed by atoms with Crippen molar-refractivity contribution in [2.45, 2.75) is 23.6 Å². The molecule has 0 aromatic heterocycles. The van der Waals surface area contributed by atoms with Crippen molar-refractivity contribution >= 4 is 89.8 Å². The molecule has 0 fully saturated rings. The maximum absolute atomic E-state index is 12.5. The van der Waals surface area contributed by atoms with Crippen LogP contribution in [0.2, 0.25) is 0 Å². The molecule has 0 aliphatic rings. The first-order chi connectivity index (χ1) is 31.3. The molecule has 336 valence electrons. The van der Waals surface area contributed by atoms with E-state index >= 15 is 0 Å². The van der Waals surface area contributed by atoms with Crippen molar-refractivity contribution in [3.8, 4) is 11.5 Å². The lowest BCUT2D eigenvalue weighted by molar-refractivity contribution is 0.0686. The highest BCUT2D eigenvalue weighted by Gasteiger charge is 2.19. The van der Waals surface area contributed by atoms with Crippen molar-refractivity contribution < 1.29 is 55.2 Å². The third-order valence-electron chi connectivity index (χ3n) is 9.31. The Morgan fingerprint density at radius 1 is 0.455 bits per heavy atom. The van der Waals surface area contributed by atoms with Gasteiger partial charge in [0, 0.05) is 12.1 Å². The molecule has 20 nitrogen and oxygen atoms in total. The van der Waals surface area contributed by atoms with E-state index in [4.69, 9.17) is 19.7 Å². The molecule has 6 aromatic rings. The second kappa shape index (κ2) is 20.1. The molecule has 0 radical (unpaired) electrons. The summed E-state index contributed by atoms with van der Waals surface area (Å²) in [5.74, 6) is -1.67. The molecule has 0 atom stereocenters. The number of azo groups is 4. The molecule has 4 N–H and O–H groups in total. The van der Waals surface area contributed by atoms with Gasteiger partial charge in [0.2, 0.25) is 0 Å². The van der Waals surface area contributed by atoms with Gasteiger partial charge in [0.05, 0.1) is 59.5 Å². The summed E-state index contributed by atoms with van der Waals surface area (Å²) in [6.45, 7) is 3.46. The molecule has 6 aromatic carbocycles. The zero-order valence-corrected chi connectivity index (χ0v) is 36.6. The second-order valence-corrected chi connectivity index (χ2v) is 16.6. The number of ether oxygens (including phenoxy) is 2. The topological polar surface area (TPSA) is 301 Å². The standard InChI is InChI=1S/C44H36N8O12S2/c1-25-19-37(39(63-3)23-35(25)49-45-31-13-9-29(10-14-31)43(53)54)51-47-33-17-7-27(41(21-33)65(57,58)59)5-6-28-8-18-34(22-42(28)66(60,61)62)48-52-38-20-26(2)36(24-40(38)64-4)50-46-32-15-11-30(12-16-32)44(55)56/h5-24H,1-4H3,(H,53,54)(H,55,56)(H,57,58,59)(H,60,61,62). The van der Waals surface area contributed by atoms with Crippen LogP contribution >= 0.6 is 0 Å². The summed E-state index contributed by atoms with van der Waals surface area (Å²) in [6.07, 6.45) is 2.43. The summed E-state index contributed by atoms with van der Waals surface area (Å²) in [7, 11) is -6.97. The van der Waals surface area contributed by atoms with Gasteiger partial charge in [-0.05, 0) is 121 Å². The van der Waals surface area contributed by atoms with E-state index < -0.39 is 42.0 Å². The minimum atomic E-state index is -4.88. The molecule has 0 saturated carbocycles. The number of hydrogen-bond acceptors (Lipinski definition) is 16. The Kier molecular flexibility index (Phi) is 14.4. The summed E-state index contributed by atoms with van der Waals surface area (Å²) >= 11 is 0. The molecular weight excluding hydrogens is 897 g/mol. The van der Waals surface area contributed by atoms with Crippen molar-refractivity contribution in [1.82, 2.24) is 0 Å². The Bertz CT molecular complexity index is 3030. The van der Waals surface area contributed by atoms with Gasteiger partial charge in [0.1, 0.15) is 32.7 Å². The van der Waals surface area contributed by atoms with Crippen molar-refractivity contribution in [3.63, 3.8) is 0 Å². The minimum Gasteiger partial charge on any atom is -0.494 e. The van der Waals surface area contributed by atoms with E-state index in [1.807, 2.05) is 0 Å². The first-order valence-electron chi connectivity index (χ1n) is 18.9. The number of carbonyl (C=O) groups is 2. The zero-order valence-electron chi connectivity index (χ0n) is 35.0. The van der Waals surface area contributed by atoms with Crippen molar-refractivity contribution in [2.24, 2.45) is 40.9 Å². The van der Waals surface area contributed by atoms with Crippen LogP contribution in [0.4, 0.5) is 45.5 Å². The van der Waals surface area contributed by atoms with Crippen LogP contribution in [0.15, 0.2) is 160 Å². The van der Waals surface area contributed by atoms with Gasteiger partial charge in [-0.25, -0.2) is 9.59 Å². The average Bonchev–Trinajstić information content (AvgIpc) is 3.28. The number of carboxylic acid groups (broad SMARTS) is 2. The van der Waals surface area contributed by atoms with E-state index in [2.05, 4.69) is 40.9 Å². The molecule has 22 heteroatoms. The maximum Gasteiger partial charge on any atom is 0.335 e. The summed E-state index contributed by atoms with van der Waals surface area (Å²) in [5, 5.41) is 51.6. The number of aromatic carboxylic acids is 2. The van der Waals surface area contributed by atoms with Crippen LogP contribution in [0.25, 0.3) is 12.2 Å². The predicted molar refractivity (Wildman–Crippen MR) is 240 cm³/mol. The lowest BCUT2D eigenvalue weighted by Crippen LogP contribution is -2.01. The van der Waals surface area contributed by atoms with Gasteiger partial charge in [0.25, 0.3) is 20.2 Å². The number of aryl methyl sites for hydroxylation is 2. The molecule has 0 aliphatic carbocycles. The maximum atomic E-state index is 12.5. The van der Waals surface area contributed by atoms with Gasteiger partial charge in [-0.3, -0.25) is 9.11 Å². The Balaban J connectivity index is 1.22. The van der Waals surface area contributed by atoms with Crippen molar-refractivity contribution in [1.29, 1.82) is 0 Å². The molecular formula is C44H36N8O12S2. The van der Waals surface area contributed by atoms with E-state index in [1.165, 1.54) is 99.2 Å². The normalized spacial score (nSPS) is 12.3. The first-order valence-corrected chi connectivity index (χ1v) is 21.8. The third-order valence-corrected chi connectivity index (χ3v) is 11.1. The van der Waals surface area contributed by atoms with E-state index in [0.29, 0.717) is 33.9 Å². The van der Waals surface area contributed by atoms with Gasteiger partial charge in [-0.2, -0.15) is 47.5 Å². The van der Waals surface area contributed by atoms with Crippen molar-refractivity contribution in [2.75, 3.05) is 14.2 Å². The molecule has 0 aliphatic heterocycles. The van der Waals surface area contributed by atoms with Gasteiger partial charge in [-0.1, -0.05) is 24.3 Å². The zero-order chi connectivity index (χ0) is 47.8. The molecule has 0 spiro atoms. The minimum absolute atomic E-state index is 0.0112. The van der Waals surface area contributed by atoms with Gasteiger partial charge in [-0.15, -0.1) is 10.2 Å². The van der Waals surface area contributed by atoms with Gasteiger partial charge >= 0.3 is 11.9 Å². The molecule has 0 unspecified atom stereocenters. The number of methoxy groups -OCH3 is 2. The predicted octanol–water partition coefficient (Wildman–Crippen LogP) is 12.0. The lowest BCUT2D eigenvalue weighted by atomic mass is 10.1. The highest BCUT2D eigenvalue weighted by Crippen LogP contribution is 2.39. The number of carboxylic acids is 2. The van der Waals surface area contributed by atoms with Gasteiger partial charge < -0.3 is 19.7 Å².